The second-order valence-electron chi connectivity index (χ2n) is 5.01. The third-order valence-electron chi connectivity index (χ3n) is 2.90. The fourth-order valence-electron chi connectivity index (χ4n) is 2.00. The Morgan fingerprint density at radius 3 is 2.80 bits per heavy atom. The molecule has 5 nitrogen and oxygen atoms in total. The highest BCUT2D eigenvalue weighted by molar-refractivity contribution is 5.63. The predicted molar refractivity (Wildman–Crippen MR) is 72.6 cm³/mol. The number of nitrogens with zero attached hydrogens (tertiary/aromatic N) is 2. The van der Waals surface area contributed by atoms with Crippen molar-refractivity contribution in [1.82, 2.24) is 10.1 Å². The van der Waals surface area contributed by atoms with E-state index in [-0.39, 0.29) is 17.6 Å². The Balaban J connectivity index is 2.31. The zero-order chi connectivity index (χ0) is 14.7. The van der Waals surface area contributed by atoms with Gasteiger partial charge in [-0.2, -0.15) is 4.98 Å². The molecule has 2 aromatic rings. The monoisotopic (exact) mass is 279 g/mol. The van der Waals surface area contributed by atoms with E-state index in [9.17, 15) is 4.39 Å². The lowest BCUT2D eigenvalue weighted by Crippen LogP contribution is -2.13. The van der Waals surface area contributed by atoms with E-state index in [0.29, 0.717) is 17.4 Å². The molecule has 0 fully saturated rings. The van der Waals surface area contributed by atoms with Crippen molar-refractivity contribution < 1.29 is 13.7 Å². The molecule has 1 unspecified atom stereocenters. The van der Waals surface area contributed by atoms with Crippen LogP contribution in [0, 0.1) is 11.7 Å². The number of rotatable bonds is 5. The van der Waals surface area contributed by atoms with Crippen molar-refractivity contribution in [3.05, 3.63) is 29.9 Å². The first-order valence-electron chi connectivity index (χ1n) is 6.45. The van der Waals surface area contributed by atoms with Crippen molar-refractivity contribution in [2.24, 2.45) is 11.7 Å². The summed E-state index contributed by atoms with van der Waals surface area (Å²) in [6, 6.07) is 4.23. The van der Waals surface area contributed by atoms with Crippen LogP contribution < -0.4 is 10.5 Å². The highest BCUT2D eigenvalue weighted by atomic mass is 19.1. The van der Waals surface area contributed by atoms with Gasteiger partial charge in [0.2, 0.25) is 11.7 Å². The Morgan fingerprint density at radius 2 is 2.15 bits per heavy atom. The fraction of sp³-hybridized carbons (Fsp3) is 0.429. The van der Waals surface area contributed by atoms with Gasteiger partial charge in [-0.15, -0.1) is 0 Å². The Labute approximate surface area is 116 Å². The second-order valence-corrected chi connectivity index (χ2v) is 5.01. The minimum Gasteiger partial charge on any atom is -0.493 e. The molecule has 0 amide bonds. The molecule has 0 bridgehead atoms. The van der Waals surface area contributed by atoms with Gasteiger partial charge in [-0.25, -0.2) is 4.39 Å². The van der Waals surface area contributed by atoms with Gasteiger partial charge in [0.25, 0.3) is 0 Å². The number of benzene rings is 1. The molecular weight excluding hydrogens is 261 g/mol. The summed E-state index contributed by atoms with van der Waals surface area (Å²) in [7, 11) is 1.40. The first-order chi connectivity index (χ1) is 9.52. The van der Waals surface area contributed by atoms with Crippen molar-refractivity contribution >= 4 is 0 Å². The lowest BCUT2D eigenvalue weighted by atomic mass is 10.0. The van der Waals surface area contributed by atoms with E-state index in [1.54, 1.807) is 12.1 Å². The van der Waals surface area contributed by atoms with Crippen molar-refractivity contribution in [2.75, 3.05) is 7.11 Å². The van der Waals surface area contributed by atoms with Crippen LogP contribution in [0.1, 0.15) is 32.2 Å². The molecule has 1 heterocycles. The van der Waals surface area contributed by atoms with E-state index in [1.165, 1.54) is 13.2 Å². The van der Waals surface area contributed by atoms with E-state index < -0.39 is 5.82 Å². The lowest BCUT2D eigenvalue weighted by Gasteiger charge is -2.08. The fourth-order valence-corrected chi connectivity index (χ4v) is 2.00. The van der Waals surface area contributed by atoms with Gasteiger partial charge in [0.15, 0.2) is 11.6 Å². The summed E-state index contributed by atoms with van der Waals surface area (Å²) in [6.45, 7) is 4.12. The maximum absolute atomic E-state index is 13.6. The molecule has 0 spiro atoms. The number of methoxy groups -OCH3 is 1. The van der Waals surface area contributed by atoms with E-state index in [0.717, 1.165) is 6.42 Å². The molecule has 0 radical (unpaired) electrons. The topological polar surface area (TPSA) is 74.2 Å². The van der Waals surface area contributed by atoms with Gasteiger partial charge in [-0.3, -0.25) is 0 Å². The van der Waals surface area contributed by atoms with Crippen LogP contribution in [0.2, 0.25) is 0 Å². The van der Waals surface area contributed by atoms with Gasteiger partial charge in [0, 0.05) is 0 Å². The van der Waals surface area contributed by atoms with E-state index in [4.69, 9.17) is 15.0 Å². The molecular formula is C14H18FN3O2. The predicted octanol–water partition coefficient (Wildman–Crippen LogP) is 2.93. The Hall–Kier alpha value is -1.95. The highest BCUT2D eigenvalue weighted by Gasteiger charge is 2.20. The minimum atomic E-state index is -0.470. The molecule has 6 heteroatoms. The van der Waals surface area contributed by atoms with Crippen LogP contribution in [0.25, 0.3) is 11.4 Å². The molecule has 0 saturated carbocycles. The molecule has 2 rings (SSSR count). The number of ether oxygens (including phenoxy) is 1. The largest absolute Gasteiger partial charge is 0.493 e. The van der Waals surface area contributed by atoms with Crippen LogP contribution in [0.3, 0.4) is 0 Å². The maximum atomic E-state index is 13.6. The molecule has 20 heavy (non-hydrogen) atoms. The Kier molecular flexibility index (Phi) is 4.34. The van der Waals surface area contributed by atoms with Crippen LogP contribution in [-0.2, 0) is 0 Å². The molecule has 2 N–H and O–H groups in total. The Bertz CT molecular complexity index is 584. The number of nitrogens with two attached hydrogens (primary N) is 1. The minimum absolute atomic E-state index is 0.0947. The first-order valence-corrected chi connectivity index (χ1v) is 6.45. The average molecular weight is 279 g/mol. The smallest absolute Gasteiger partial charge is 0.243 e. The van der Waals surface area contributed by atoms with Crippen molar-refractivity contribution in [1.29, 1.82) is 0 Å². The van der Waals surface area contributed by atoms with Gasteiger partial charge >= 0.3 is 0 Å². The van der Waals surface area contributed by atoms with E-state index in [2.05, 4.69) is 24.0 Å². The summed E-state index contributed by atoms with van der Waals surface area (Å²) in [5.74, 6) is 0.666. The summed E-state index contributed by atoms with van der Waals surface area (Å²) in [5, 5.41) is 3.85. The average Bonchev–Trinajstić information content (AvgIpc) is 2.87. The van der Waals surface area contributed by atoms with Crippen LogP contribution >= 0.6 is 0 Å². The van der Waals surface area contributed by atoms with Gasteiger partial charge in [0.1, 0.15) is 0 Å². The van der Waals surface area contributed by atoms with Crippen LogP contribution in [-0.4, -0.2) is 17.3 Å². The van der Waals surface area contributed by atoms with Crippen molar-refractivity contribution in [2.45, 2.75) is 26.3 Å². The summed E-state index contributed by atoms with van der Waals surface area (Å²) < 4.78 is 23.8. The van der Waals surface area contributed by atoms with Crippen LogP contribution in [0.15, 0.2) is 22.7 Å². The second kappa shape index (κ2) is 6.00. The third kappa shape index (κ3) is 2.96. The van der Waals surface area contributed by atoms with Gasteiger partial charge in [-0.05, 0) is 24.5 Å². The third-order valence-corrected chi connectivity index (χ3v) is 2.90. The van der Waals surface area contributed by atoms with Gasteiger partial charge in [0.05, 0.1) is 18.7 Å². The quantitative estimate of drug-likeness (QED) is 0.910. The molecule has 0 saturated heterocycles. The SMILES string of the molecule is COc1c(F)cccc1-c1noc(C(N)CC(C)C)n1. The normalized spacial score (nSPS) is 12.7. The number of halogens is 1. The van der Waals surface area contributed by atoms with Gasteiger partial charge in [-0.1, -0.05) is 25.1 Å². The number of para-hydroxylation sites is 1. The number of hydrogen-bond donors (Lipinski definition) is 1. The number of aromatic nitrogens is 2. The molecule has 1 aromatic heterocycles. The molecule has 0 aliphatic carbocycles. The molecule has 0 aliphatic heterocycles. The summed E-state index contributed by atoms with van der Waals surface area (Å²) in [6.07, 6.45) is 0.738. The summed E-state index contributed by atoms with van der Waals surface area (Å²) in [5.41, 5.74) is 6.43. The zero-order valence-corrected chi connectivity index (χ0v) is 11.8. The maximum Gasteiger partial charge on any atom is 0.243 e. The standard InChI is InChI=1S/C14H18FN3O2/c1-8(2)7-11(16)14-17-13(18-20-14)9-5-4-6-10(15)12(9)19-3/h4-6,8,11H,7,16H2,1-3H3. The first kappa shape index (κ1) is 14.5. The highest BCUT2D eigenvalue weighted by Crippen LogP contribution is 2.31. The van der Waals surface area contributed by atoms with Crippen LogP contribution in [0.4, 0.5) is 4.39 Å². The summed E-state index contributed by atoms with van der Waals surface area (Å²) in [4.78, 5) is 4.23. The molecule has 0 aliphatic rings. The van der Waals surface area contributed by atoms with Crippen molar-refractivity contribution in [3.63, 3.8) is 0 Å². The number of hydrogen-bond acceptors (Lipinski definition) is 5. The van der Waals surface area contributed by atoms with Crippen LogP contribution in [0.5, 0.6) is 5.75 Å². The molecule has 1 atom stereocenters. The Morgan fingerprint density at radius 1 is 1.40 bits per heavy atom. The van der Waals surface area contributed by atoms with E-state index in [1.807, 2.05) is 0 Å². The lowest BCUT2D eigenvalue weighted by molar-refractivity contribution is 0.335. The van der Waals surface area contributed by atoms with Gasteiger partial charge < -0.3 is 15.0 Å². The van der Waals surface area contributed by atoms with E-state index >= 15 is 0 Å². The van der Waals surface area contributed by atoms with Crippen molar-refractivity contribution in [3.8, 4) is 17.1 Å². The molecule has 1 aromatic carbocycles. The summed E-state index contributed by atoms with van der Waals surface area (Å²) >= 11 is 0. The zero-order valence-electron chi connectivity index (χ0n) is 11.8. The molecule has 108 valence electrons.